The van der Waals surface area contributed by atoms with Gasteiger partial charge in [-0.3, -0.25) is 9.59 Å². The molecule has 1 aliphatic heterocycles. The summed E-state index contributed by atoms with van der Waals surface area (Å²) in [7, 11) is -4.14. The van der Waals surface area contributed by atoms with Gasteiger partial charge in [0.15, 0.2) is 0 Å². The highest BCUT2D eigenvalue weighted by Crippen LogP contribution is 2.25. The molecule has 150 valence electrons. The third kappa shape index (κ3) is 4.18. The van der Waals surface area contributed by atoms with Crippen molar-refractivity contribution in [3.8, 4) is 0 Å². The molecule has 2 aliphatic rings. The van der Waals surface area contributed by atoms with Crippen molar-refractivity contribution in [3.05, 3.63) is 59.2 Å². The fourth-order valence-electron chi connectivity index (χ4n) is 3.55. The van der Waals surface area contributed by atoms with Crippen LogP contribution < -0.4 is 5.32 Å². The Balaban J connectivity index is 1.90. The minimum absolute atomic E-state index is 0.0890. The number of aliphatic hydroxyl groups excluding tert-OH is 1. The number of amides is 2. The molecule has 0 aromatic heterocycles. The average molecular weight is 404 g/mol. The molecule has 0 spiro atoms. The summed E-state index contributed by atoms with van der Waals surface area (Å²) < 4.78 is 27.0. The maximum absolute atomic E-state index is 13.2. The van der Waals surface area contributed by atoms with Crippen molar-refractivity contribution in [2.75, 3.05) is 13.1 Å². The number of nitrogens with one attached hydrogen (secondary N) is 1. The van der Waals surface area contributed by atoms with Gasteiger partial charge < -0.3 is 10.4 Å². The van der Waals surface area contributed by atoms with E-state index in [2.05, 4.69) is 5.32 Å². The first kappa shape index (κ1) is 20.3. The molecular formula is C20H24N2O5S. The lowest BCUT2D eigenvalue weighted by atomic mass is 9.97. The highest BCUT2D eigenvalue weighted by molar-refractivity contribution is 7.90. The molecule has 1 aromatic rings. The van der Waals surface area contributed by atoms with Gasteiger partial charge in [0.25, 0.3) is 0 Å². The molecule has 0 saturated carbocycles. The molecule has 28 heavy (non-hydrogen) atoms. The predicted octanol–water partition coefficient (Wildman–Crippen LogP) is 0.688. The lowest BCUT2D eigenvalue weighted by molar-refractivity contribution is -0.131. The number of aryl methyl sites for hydroxylation is 1. The van der Waals surface area contributed by atoms with Crippen molar-refractivity contribution >= 4 is 21.8 Å². The zero-order valence-electron chi connectivity index (χ0n) is 15.8. The van der Waals surface area contributed by atoms with Crippen LogP contribution in [0.3, 0.4) is 0 Å². The van der Waals surface area contributed by atoms with E-state index >= 15 is 0 Å². The van der Waals surface area contributed by atoms with E-state index in [4.69, 9.17) is 0 Å². The molecule has 8 heteroatoms. The van der Waals surface area contributed by atoms with E-state index in [-0.39, 0.29) is 6.54 Å². The van der Waals surface area contributed by atoms with Crippen molar-refractivity contribution in [1.29, 1.82) is 0 Å². The summed E-state index contributed by atoms with van der Waals surface area (Å²) in [5.41, 5.74) is 2.37. The van der Waals surface area contributed by atoms with Gasteiger partial charge in [0.05, 0.1) is 12.0 Å². The standard InChI is InChI=1S/C20H24N2O5S/c1-13-4-3-5-15(8-13)10-16-11-21-19(24)12-22(20(16)25)28(26,27)18-7-6-17(23)9-14(18)2/h3-9,16-18,23H,10-12H2,1-2H3,(H,21,24). The van der Waals surface area contributed by atoms with Crippen LogP contribution in [0.4, 0.5) is 0 Å². The molecule has 3 unspecified atom stereocenters. The largest absolute Gasteiger partial charge is 0.385 e. The van der Waals surface area contributed by atoms with Crippen LogP contribution in [0, 0.1) is 12.8 Å². The number of sulfonamides is 1. The molecule has 1 aromatic carbocycles. The monoisotopic (exact) mass is 404 g/mol. The van der Waals surface area contributed by atoms with Gasteiger partial charge in [0.2, 0.25) is 21.8 Å². The first-order chi connectivity index (χ1) is 13.2. The summed E-state index contributed by atoms with van der Waals surface area (Å²) in [4.78, 5) is 25.2. The SMILES string of the molecule is CC1=CC(O)C=CC1S(=O)(=O)N1CC(=O)NCC(Cc2cccc(C)c2)C1=O. The van der Waals surface area contributed by atoms with Crippen molar-refractivity contribution in [3.63, 3.8) is 0 Å². The van der Waals surface area contributed by atoms with E-state index in [0.717, 1.165) is 11.1 Å². The molecule has 1 aliphatic carbocycles. The highest BCUT2D eigenvalue weighted by Gasteiger charge is 2.41. The third-order valence-electron chi connectivity index (χ3n) is 4.99. The number of hydrogen-bond donors (Lipinski definition) is 2. The summed E-state index contributed by atoms with van der Waals surface area (Å²) in [5.74, 6) is -1.78. The lowest BCUT2D eigenvalue weighted by Gasteiger charge is -2.28. The Labute approximate surface area is 164 Å². The molecule has 1 heterocycles. The first-order valence-corrected chi connectivity index (χ1v) is 10.6. The number of carbonyl (C=O) groups excluding carboxylic acids is 2. The number of hydrogen-bond acceptors (Lipinski definition) is 5. The normalized spacial score (nSPS) is 25.9. The predicted molar refractivity (Wildman–Crippen MR) is 105 cm³/mol. The second kappa shape index (κ2) is 7.89. The van der Waals surface area contributed by atoms with Crippen molar-refractivity contribution in [2.45, 2.75) is 31.6 Å². The summed E-state index contributed by atoms with van der Waals surface area (Å²) in [6.07, 6.45) is 3.63. The van der Waals surface area contributed by atoms with Crippen LogP contribution in [-0.2, 0) is 26.0 Å². The first-order valence-electron chi connectivity index (χ1n) is 9.11. The molecule has 7 nitrogen and oxygen atoms in total. The van der Waals surface area contributed by atoms with Gasteiger partial charge in [0.1, 0.15) is 11.8 Å². The fraction of sp³-hybridized carbons (Fsp3) is 0.400. The Morgan fingerprint density at radius 2 is 1.96 bits per heavy atom. The number of aliphatic hydroxyl groups is 1. The highest BCUT2D eigenvalue weighted by atomic mass is 32.2. The van der Waals surface area contributed by atoms with E-state index in [1.807, 2.05) is 31.2 Å². The second-order valence-corrected chi connectivity index (χ2v) is 9.27. The van der Waals surface area contributed by atoms with Crippen LogP contribution >= 0.6 is 0 Å². The smallest absolute Gasteiger partial charge is 0.248 e. The zero-order valence-corrected chi connectivity index (χ0v) is 16.6. The zero-order chi connectivity index (χ0) is 20.5. The van der Waals surface area contributed by atoms with Crippen LogP contribution in [0.15, 0.2) is 48.1 Å². The quantitative estimate of drug-likeness (QED) is 0.719. The lowest BCUT2D eigenvalue weighted by Crippen LogP contribution is -2.47. The van der Waals surface area contributed by atoms with E-state index in [1.165, 1.54) is 18.2 Å². The molecule has 2 amide bonds. The molecule has 0 bridgehead atoms. The Hall–Kier alpha value is -2.45. The number of rotatable bonds is 4. The van der Waals surface area contributed by atoms with Crippen LogP contribution in [0.1, 0.15) is 18.1 Å². The second-order valence-electron chi connectivity index (χ2n) is 7.29. The number of carbonyl (C=O) groups is 2. The van der Waals surface area contributed by atoms with Gasteiger partial charge in [-0.1, -0.05) is 53.6 Å². The summed E-state index contributed by atoms with van der Waals surface area (Å²) in [6, 6.07) is 7.64. The van der Waals surface area contributed by atoms with Gasteiger partial charge >= 0.3 is 0 Å². The Bertz CT molecular complexity index is 951. The molecule has 3 atom stereocenters. The molecule has 1 fully saturated rings. The summed E-state index contributed by atoms with van der Waals surface area (Å²) >= 11 is 0. The van der Waals surface area contributed by atoms with Crippen LogP contribution in [0.25, 0.3) is 0 Å². The van der Waals surface area contributed by atoms with Gasteiger partial charge in [-0.05, 0) is 25.8 Å². The Morgan fingerprint density at radius 3 is 2.64 bits per heavy atom. The van der Waals surface area contributed by atoms with Crippen molar-refractivity contribution in [1.82, 2.24) is 9.62 Å². The number of nitrogens with zero attached hydrogens (tertiary/aromatic N) is 1. The minimum atomic E-state index is -4.14. The van der Waals surface area contributed by atoms with Crippen LogP contribution in [0.2, 0.25) is 0 Å². The van der Waals surface area contributed by atoms with Crippen LogP contribution in [0.5, 0.6) is 0 Å². The van der Waals surface area contributed by atoms with Gasteiger partial charge in [-0.25, -0.2) is 12.7 Å². The topological polar surface area (TPSA) is 104 Å². The third-order valence-corrected chi connectivity index (χ3v) is 7.08. The molecule has 3 rings (SSSR count). The maximum Gasteiger partial charge on any atom is 0.248 e. The van der Waals surface area contributed by atoms with E-state index < -0.39 is 45.7 Å². The Kier molecular flexibility index (Phi) is 5.71. The molecule has 0 radical (unpaired) electrons. The van der Waals surface area contributed by atoms with E-state index in [9.17, 15) is 23.1 Å². The average Bonchev–Trinajstić information content (AvgIpc) is 2.75. The van der Waals surface area contributed by atoms with Crippen LogP contribution in [-0.4, -0.2) is 54.1 Å². The van der Waals surface area contributed by atoms with Gasteiger partial charge in [-0.15, -0.1) is 0 Å². The minimum Gasteiger partial charge on any atom is -0.385 e. The summed E-state index contributed by atoms with van der Waals surface area (Å²) in [5, 5.41) is 11.2. The van der Waals surface area contributed by atoms with Gasteiger partial charge in [0, 0.05) is 6.54 Å². The Morgan fingerprint density at radius 1 is 1.21 bits per heavy atom. The van der Waals surface area contributed by atoms with E-state index in [1.54, 1.807) is 6.92 Å². The summed E-state index contributed by atoms with van der Waals surface area (Å²) in [6.45, 7) is 3.08. The van der Waals surface area contributed by atoms with Crippen molar-refractivity contribution in [2.24, 2.45) is 5.92 Å². The molecule has 1 saturated heterocycles. The maximum atomic E-state index is 13.2. The van der Waals surface area contributed by atoms with Crippen molar-refractivity contribution < 1.29 is 23.1 Å². The fourth-order valence-corrected chi connectivity index (χ4v) is 5.36. The van der Waals surface area contributed by atoms with E-state index in [0.29, 0.717) is 16.3 Å². The number of benzene rings is 1. The molecular weight excluding hydrogens is 380 g/mol. The molecule has 2 N–H and O–H groups in total. The van der Waals surface area contributed by atoms with Gasteiger partial charge in [-0.2, -0.15) is 0 Å².